The van der Waals surface area contributed by atoms with Gasteiger partial charge in [-0.1, -0.05) is 18.2 Å². The third kappa shape index (κ3) is 3.22. The van der Waals surface area contributed by atoms with Crippen molar-refractivity contribution in [2.24, 2.45) is 0 Å². The molecule has 26 heavy (non-hydrogen) atoms. The van der Waals surface area contributed by atoms with Gasteiger partial charge in [-0.2, -0.15) is 0 Å². The summed E-state index contributed by atoms with van der Waals surface area (Å²) in [5.41, 5.74) is 1.73. The second kappa shape index (κ2) is 6.37. The fourth-order valence-electron chi connectivity index (χ4n) is 3.03. The predicted octanol–water partition coefficient (Wildman–Crippen LogP) is 4.04. The van der Waals surface area contributed by atoms with Crippen LogP contribution in [-0.2, 0) is 13.0 Å². The summed E-state index contributed by atoms with van der Waals surface area (Å²) in [5, 5.41) is 8.15. The topological polar surface area (TPSA) is 66.6 Å². The van der Waals surface area contributed by atoms with Crippen LogP contribution >= 0.6 is 0 Å². The minimum atomic E-state index is -0.216. The van der Waals surface area contributed by atoms with Crippen molar-refractivity contribution < 1.29 is 18.6 Å². The van der Waals surface area contributed by atoms with Gasteiger partial charge < -0.3 is 18.6 Å². The minimum absolute atomic E-state index is 0.178. The number of benzene rings is 2. The van der Waals surface area contributed by atoms with Gasteiger partial charge in [-0.05, 0) is 38.1 Å². The molecular formula is C20H20N2O4. The number of aromatic nitrogens is 2. The van der Waals surface area contributed by atoms with Crippen LogP contribution in [0.4, 0.5) is 0 Å². The van der Waals surface area contributed by atoms with Crippen LogP contribution in [0.5, 0.6) is 17.2 Å². The van der Waals surface area contributed by atoms with Crippen LogP contribution in [0.2, 0.25) is 0 Å². The van der Waals surface area contributed by atoms with Crippen molar-refractivity contribution >= 4 is 0 Å². The number of para-hydroxylation sites is 1. The summed E-state index contributed by atoms with van der Waals surface area (Å²) in [6.07, 6.45) is 0.861. The number of hydrogen-bond acceptors (Lipinski definition) is 6. The summed E-state index contributed by atoms with van der Waals surface area (Å²) in [6.45, 7) is 4.31. The number of ether oxygens (including phenoxy) is 3. The molecule has 134 valence electrons. The molecule has 0 unspecified atom stereocenters. The Morgan fingerprint density at radius 2 is 1.96 bits per heavy atom. The Labute approximate surface area is 151 Å². The van der Waals surface area contributed by atoms with Gasteiger partial charge in [0.1, 0.15) is 11.4 Å². The maximum absolute atomic E-state index is 6.01. The summed E-state index contributed by atoms with van der Waals surface area (Å²) in [5.74, 6) is 3.05. The summed E-state index contributed by atoms with van der Waals surface area (Å²) >= 11 is 0. The van der Waals surface area contributed by atoms with E-state index >= 15 is 0 Å². The van der Waals surface area contributed by atoms with E-state index in [4.69, 9.17) is 18.6 Å². The van der Waals surface area contributed by atoms with Gasteiger partial charge in [0.2, 0.25) is 5.89 Å². The molecule has 4 rings (SSSR count). The van der Waals surface area contributed by atoms with E-state index < -0.39 is 0 Å². The van der Waals surface area contributed by atoms with Crippen LogP contribution in [0, 0.1) is 0 Å². The lowest BCUT2D eigenvalue weighted by Gasteiger charge is -2.18. The molecule has 1 aromatic heterocycles. The van der Waals surface area contributed by atoms with E-state index in [1.807, 2.05) is 36.4 Å². The Balaban J connectivity index is 1.49. The van der Waals surface area contributed by atoms with E-state index in [0.717, 1.165) is 29.0 Å². The molecule has 2 heterocycles. The summed E-state index contributed by atoms with van der Waals surface area (Å²) in [4.78, 5) is 0. The van der Waals surface area contributed by atoms with E-state index in [-0.39, 0.29) is 12.2 Å². The van der Waals surface area contributed by atoms with Crippen LogP contribution in [-0.4, -0.2) is 22.9 Å². The molecule has 0 fully saturated rings. The Bertz CT molecular complexity index is 933. The van der Waals surface area contributed by atoms with Crippen molar-refractivity contribution in [3.05, 3.63) is 53.9 Å². The largest absolute Gasteiger partial charge is 0.497 e. The smallest absolute Gasteiger partial charge is 0.254 e. The molecule has 6 heteroatoms. The third-order valence-electron chi connectivity index (χ3n) is 4.19. The zero-order valence-electron chi connectivity index (χ0n) is 15.0. The highest BCUT2D eigenvalue weighted by atomic mass is 16.5. The van der Waals surface area contributed by atoms with Crippen LogP contribution in [0.1, 0.15) is 25.3 Å². The second-order valence-corrected chi connectivity index (χ2v) is 6.80. The van der Waals surface area contributed by atoms with Crippen molar-refractivity contribution in [3.63, 3.8) is 0 Å². The lowest BCUT2D eigenvalue weighted by Crippen LogP contribution is -2.24. The van der Waals surface area contributed by atoms with Crippen molar-refractivity contribution in [2.45, 2.75) is 32.5 Å². The van der Waals surface area contributed by atoms with Crippen LogP contribution in [0.15, 0.2) is 46.9 Å². The first-order valence-electron chi connectivity index (χ1n) is 8.44. The van der Waals surface area contributed by atoms with Gasteiger partial charge >= 0.3 is 0 Å². The van der Waals surface area contributed by atoms with Gasteiger partial charge in [-0.25, -0.2) is 0 Å². The highest BCUT2D eigenvalue weighted by molar-refractivity contribution is 5.55. The monoisotopic (exact) mass is 352 g/mol. The molecule has 0 spiro atoms. The van der Waals surface area contributed by atoms with Gasteiger partial charge in [0, 0.05) is 17.5 Å². The number of nitrogens with zero attached hydrogens (tertiary/aromatic N) is 2. The maximum Gasteiger partial charge on any atom is 0.254 e. The van der Waals surface area contributed by atoms with Crippen LogP contribution in [0.3, 0.4) is 0 Å². The Morgan fingerprint density at radius 1 is 1.12 bits per heavy atom. The first-order valence-corrected chi connectivity index (χ1v) is 8.44. The third-order valence-corrected chi connectivity index (χ3v) is 4.19. The normalized spacial score (nSPS) is 14.6. The average molecular weight is 352 g/mol. The molecule has 3 aromatic rings. The van der Waals surface area contributed by atoms with E-state index in [0.29, 0.717) is 17.5 Å². The van der Waals surface area contributed by atoms with Gasteiger partial charge in [0.05, 0.1) is 7.11 Å². The highest BCUT2D eigenvalue weighted by Gasteiger charge is 2.32. The zero-order chi connectivity index (χ0) is 18.1. The van der Waals surface area contributed by atoms with Crippen molar-refractivity contribution in [1.82, 2.24) is 10.2 Å². The second-order valence-electron chi connectivity index (χ2n) is 6.80. The molecule has 0 bridgehead atoms. The zero-order valence-corrected chi connectivity index (χ0v) is 15.0. The molecule has 0 saturated heterocycles. The van der Waals surface area contributed by atoms with Gasteiger partial charge in [0.25, 0.3) is 5.89 Å². The average Bonchev–Trinajstić information content (AvgIpc) is 3.23. The fraction of sp³-hybridized carbons (Fsp3) is 0.300. The molecule has 1 aliphatic heterocycles. The van der Waals surface area contributed by atoms with Gasteiger partial charge in [0.15, 0.2) is 18.1 Å². The molecule has 2 aromatic carbocycles. The summed E-state index contributed by atoms with van der Waals surface area (Å²) < 4.78 is 22.8. The SMILES string of the molecule is COc1cccc(-c2nnc(COc3cccc4c3OC(C)(C)C4)o2)c1. The molecule has 0 aliphatic carbocycles. The first kappa shape index (κ1) is 16.4. The van der Waals surface area contributed by atoms with Crippen LogP contribution in [0.25, 0.3) is 11.5 Å². The molecule has 0 saturated carbocycles. The lowest BCUT2D eigenvalue weighted by molar-refractivity contribution is 0.130. The molecular weight excluding hydrogens is 332 g/mol. The molecule has 1 aliphatic rings. The van der Waals surface area contributed by atoms with Crippen molar-refractivity contribution in [3.8, 4) is 28.7 Å². The molecule has 0 atom stereocenters. The van der Waals surface area contributed by atoms with E-state index in [1.54, 1.807) is 7.11 Å². The van der Waals surface area contributed by atoms with E-state index in [1.165, 1.54) is 0 Å². The van der Waals surface area contributed by atoms with Crippen LogP contribution < -0.4 is 14.2 Å². The van der Waals surface area contributed by atoms with Gasteiger partial charge in [-0.15, -0.1) is 10.2 Å². The highest BCUT2D eigenvalue weighted by Crippen LogP contribution is 2.42. The number of rotatable bonds is 5. The molecule has 0 amide bonds. The molecule has 6 nitrogen and oxygen atoms in total. The molecule has 0 N–H and O–H groups in total. The number of fused-ring (bicyclic) bond motifs is 1. The predicted molar refractivity (Wildman–Crippen MR) is 95.5 cm³/mol. The number of hydrogen-bond donors (Lipinski definition) is 0. The van der Waals surface area contributed by atoms with Gasteiger partial charge in [-0.3, -0.25) is 0 Å². The minimum Gasteiger partial charge on any atom is -0.497 e. The maximum atomic E-state index is 6.01. The summed E-state index contributed by atoms with van der Waals surface area (Å²) in [6, 6.07) is 13.4. The fourth-order valence-corrected chi connectivity index (χ4v) is 3.03. The Morgan fingerprint density at radius 3 is 2.81 bits per heavy atom. The number of methoxy groups -OCH3 is 1. The quantitative estimate of drug-likeness (QED) is 0.690. The van der Waals surface area contributed by atoms with E-state index in [2.05, 4.69) is 30.1 Å². The summed E-state index contributed by atoms with van der Waals surface area (Å²) in [7, 11) is 1.62. The van der Waals surface area contributed by atoms with Crippen molar-refractivity contribution in [1.29, 1.82) is 0 Å². The Hall–Kier alpha value is -3.02. The van der Waals surface area contributed by atoms with Crippen molar-refractivity contribution in [2.75, 3.05) is 7.11 Å². The van der Waals surface area contributed by atoms with E-state index in [9.17, 15) is 0 Å². The first-order chi connectivity index (χ1) is 12.5. The lowest BCUT2D eigenvalue weighted by atomic mass is 10.0. The standard InChI is InChI=1S/C20H20N2O4/c1-20(2)11-14-7-5-9-16(18(14)26-20)24-12-17-21-22-19(25-17)13-6-4-8-15(10-13)23-3/h4-10H,11-12H2,1-3H3. The molecule has 0 radical (unpaired) electrons. The Kier molecular flexibility index (Phi) is 4.03.